The molecule has 2 fully saturated rings. The molecule has 2 heterocycles. The molecular formula is C23H38N6O4S. The molecular weight excluding hydrogens is 456 g/mol. The van der Waals surface area contributed by atoms with Gasteiger partial charge < -0.3 is 4.90 Å². The lowest BCUT2D eigenvalue weighted by molar-refractivity contribution is -0.123. The summed E-state index contributed by atoms with van der Waals surface area (Å²) in [6.07, 6.45) is 3.97. The predicted octanol–water partition coefficient (Wildman–Crippen LogP) is 1.03. The van der Waals surface area contributed by atoms with Crippen LogP contribution in [0.4, 0.5) is 5.69 Å². The number of carbonyl (C=O) groups is 2. The SMILES string of the molecule is CCN(CC)c1ccc(C(=O)NNC(=O)CN2CCN(S(=O)(=O)N3CCCCCC3)CC2)cc1. The highest BCUT2D eigenvalue weighted by Crippen LogP contribution is 2.18. The van der Waals surface area contributed by atoms with E-state index in [1.54, 1.807) is 16.4 Å². The Morgan fingerprint density at radius 3 is 1.94 bits per heavy atom. The fourth-order valence-electron chi connectivity index (χ4n) is 4.41. The molecule has 11 heteroatoms. The van der Waals surface area contributed by atoms with Crippen molar-refractivity contribution in [2.24, 2.45) is 0 Å². The van der Waals surface area contributed by atoms with Gasteiger partial charge in [0.25, 0.3) is 22.0 Å². The van der Waals surface area contributed by atoms with Gasteiger partial charge in [-0.25, -0.2) is 0 Å². The lowest BCUT2D eigenvalue weighted by atomic mass is 10.2. The van der Waals surface area contributed by atoms with E-state index in [0.717, 1.165) is 44.5 Å². The zero-order valence-electron chi connectivity index (χ0n) is 20.3. The summed E-state index contributed by atoms with van der Waals surface area (Å²) in [7, 11) is -3.45. The number of nitrogens with zero attached hydrogens (tertiary/aromatic N) is 4. The number of rotatable bonds is 8. The van der Waals surface area contributed by atoms with Gasteiger partial charge in [-0.05, 0) is 51.0 Å². The summed E-state index contributed by atoms with van der Waals surface area (Å²) >= 11 is 0. The smallest absolute Gasteiger partial charge is 0.282 e. The molecule has 1 aromatic rings. The van der Waals surface area contributed by atoms with Crippen LogP contribution < -0.4 is 15.8 Å². The van der Waals surface area contributed by atoms with Crippen LogP contribution in [0.2, 0.25) is 0 Å². The number of hydrogen-bond donors (Lipinski definition) is 2. The molecule has 0 radical (unpaired) electrons. The van der Waals surface area contributed by atoms with Crippen LogP contribution >= 0.6 is 0 Å². The Labute approximate surface area is 203 Å². The zero-order valence-corrected chi connectivity index (χ0v) is 21.1. The maximum Gasteiger partial charge on any atom is 0.282 e. The van der Waals surface area contributed by atoms with Gasteiger partial charge in [-0.2, -0.15) is 17.0 Å². The Kier molecular flexibility index (Phi) is 9.69. The second-order valence-electron chi connectivity index (χ2n) is 8.72. The lowest BCUT2D eigenvalue weighted by Crippen LogP contribution is -2.55. The molecule has 0 aromatic heterocycles. The van der Waals surface area contributed by atoms with Crippen molar-refractivity contribution in [2.75, 3.05) is 63.8 Å². The molecule has 0 unspecified atom stereocenters. The van der Waals surface area contributed by atoms with Crippen LogP contribution in [0.25, 0.3) is 0 Å². The third-order valence-corrected chi connectivity index (χ3v) is 8.53. The summed E-state index contributed by atoms with van der Waals surface area (Å²) in [5.41, 5.74) is 6.42. The summed E-state index contributed by atoms with van der Waals surface area (Å²) < 4.78 is 29.0. The van der Waals surface area contributed by atoms with Gasteiger partial charge in [0.15, 0.2) is 0 Å². The van der Waals surface area contributed by atoms with Crippen molar-refractivity contribution < 1.29 is 18.0 Å². The molecule has 2 aliphatic heterocycles. The summed E-state index contributed by atoms with van der Waals surface area (Å²) in [4.78, 5) is 28.8. The Bertz CT molecular complexity index is 904. The Morgan fingerprint density at radius 1 is 0.824 bits per heavy atom. The molecule has 2 aliphatic rings. The molecule has 0 bridgehead atoms. The van der Waals surface area contributed by atoms with Crippen LogP contribution in [0, 0.1) is 0 Å². The highest BCUT2D eigenvalue weighted by atomic mass is 32.2. The molecule has 0 atom stereocenters. The summed E-state index contributed by atoms with van der Waals surface area (Å²) in [5, 5.41) is 0. The van der Waals surface area contributed by atoms with Crippen LogP contribution in [-0.2, 0) is 15.0 Å². The number of amides is 2. The van der Waals surface area contributed by atoms with Crippen LogP contribution in [0.15, 0.2) is 24.3 Å². The van der Waals surface area contributed by atoms with E-state index in [1.807, 2.05) is 17.0 Å². The van der Waals surface area contributed by atoms with Gasteiger partial charge in [-0.1, -0.05) is 12.8 Å². The second-order valence-corrected chi connectivity index (χ2v) is 10.6. The van der Waals surface area contributed by atoms with E-state index in [2.05, 4.69) is 29.6 Å². The van der Waals surface area contributed by atoms with Crippen LogP contribution in [0.1, 0.15) is 49.9 Å². The van der Waals surface area contributed by atoms with Gasteiger partial charge >= 0.3 is 0 Å². The second kappa shape index (κ2) is 12.5. The van der Waals surface area contributed by atoms with Crippen molar-refractivity contribution in [1.82, 2.24) is 24.4 Å². The van der Waals surface area contributed by atoms with E-state index in [4.69, 9.17) is 0 Å². The van der Waals surface area contributed by atoms with Crippen molar-refractivity contribution in [3.05, 3.63) is 29.8 Å². The number of carbonyl (C=O) groups excluding carboxylic acids is 2. The molecule has 2 N–H and O–H groups in total. The van der Waals surface area contributed by atoms with Crippen LogP contribution in [0.3, 0.4) is 0 Å². The van der Waals surface area contributed by atoms with Crippen molar-refractivity contribution in [3.63, 3.8) is 0 Å². The summed E-state index contributed by atoms with van der Waals surface area (Å²) in [6, 6.07) is 7.25. The standard InChI is InChI=1S/C23H38N6O4S/c1-3-27(4-2)21-11-9-20(10-12-21)23(31)25-24-22(30)19-26-15-17-29(18-16-26)34(32,33)28-13-7-5-6-8-14-28/h9-12H,3-8,13-19H2,1-2H3,(H,24,30)(H,25,31). The van der Waals surface area contributed by atoms with E-state index in [1.165, 1.54) is 4.31 Å². The van der Waals surface area contributed by atoms with Gasteiger partial charge in [0.2, 0.25) is 0 Å². The Balaban J connectivity index is 1.41. The highest BCUT2D eigenvalue weighted by molar-refractivity contribution is 7.86. The summed E-state index contributed by atoms with van der Waals surface area (Å²) in [5.74, 6) is -0.718. The Morgan fingerprint density at radius 2 is 1.38 bits per heavy atom. The predicted molar refractivity (Wildman–Crippen MR) is 133 cm³/mol. The molecule has 0 aliphatic carbocycles. The number of anilines is 1. The monoisotopic (exact) mass is 494 g/mol. The fraction of sp³-hybridized carbons (Fsp3) is 0.652. The number of nitrogens with one attached hydrogen (secondary N) is 2. The molecule has 10 nitrogen and oxygen atoms in total. The van der Waals surface area contributed by atoms with Crippen LogP contribution in [-0.4, -0.2) is 92.6 Å². The van der Waals surface area contributed by atoms with Crippen molar-refractivity contribution in [2.45, 2.75) is 39.5 Å². The van der Waals surface area contributed by atoms with Crippen molar-refractivity contribution >= 4 is 27.7 Å². The van der Waals surface area contributed by atoms with Gasteiger partial charge in [0.1, 0.15) is 0 Å². The third-order valence-electron chi connectivity index (χ3n) is 6.49. The van der Waals surface area contributed by atoms with Gasteiger partial charge in [0, 0.05) is 63.6 Å². The van der Waals surface area contributed by atoms with E-state index < -0.39 is 10.2 Å². The first-order valence-corrected chi connectivity index (χ1v) is 13.7. The van der Waals surface area contributed by atoms with Crippen LogP contribution in [0.5, 0.6) is 0 Å². The lowest BCUT2D eigenvalue weighted by Gasteiger charge is -2.36. The quantitative estimate of drug-likeness (QED) is 0.523. The average molecular weight is 495 g/mol. The minimum absolute atomic E-state index is 0.0960. The number of benzene rings is 1. The number of hydrazine groups is 1. The molecule has 2 saturated heterocycles. The largest absolute Gasteiger partial charge is 0.372 e. The van der Waals surface area contributed by atoms with E-state index >= 15 is 0 Å². The van der Waals surface area contributed by atoms with E-state index in [9.17, 15) is 18.0 Å². The molecule has 3 rings (SSSR count). The minimum atomic E-state index is -3.45. The molecule has 1 aromatic carbocycles. The van der Waals surface area contributed by atoms with Gasteiger partial charge in [-0.15, -0.1) is 0 Å². The Hall–Kier alpha value is -2.21. The third kappa shape index (κ3) is 6.91. The summed E-state index contributed by atoms with van der Waals surface area (Å²) in [6.45, 7) is 8.86. The average Bonchev–Trinajstić information content (AvgIpc) is 3.14. The van der Waals surface area contributed by atoms with E-state index in [0.29, 0.717) is 44.8 Å². The molecule has 190 valence electrons. The first-order chi connectivity index (χ1) is 16.3. The van der Waals surface area contributed by atoms with Gasteiger partial charge in [-0.3, -0.25) is 25.3 Å². The zero-order chi connectivity index (χ0) is 24.6. The topological polar surface area (TPSA) is 105 Å². The number of piperazine rings is 1. The molecule has 34 heavy (non-hydrogen) atoms. The maximum atomic E-state index is 12.9. The molecule has 2 amide bonds. The first kappa shape index (κ1) is 26.4. The van der Waals surface area contributed by atoms with E-state index in [-0.39, 0.29) is 18.4 Å². The van der Waals surface area contributed by atoms with Crippen molar-refractivity contribution in [1.29, 1.82) is 0 Å². The minimum Gasteiger partial charge on any atom is -0.372 e. The normalized spacial score (nSPS) is 18.8. The maximum absolute atomic E-state index is 12.9. The van der Waals surface area contributed by atoms with Crippen molar-refractivity contribution in [3.8, 4) is 0 Å². The first-order valence-electron chi connectivity index (χ1n) is 12.3. The fourth-order valence-corrected chi connectivity index (χ4v) is 6.08. The van der Waals surface area contributed by atoms with Gasteiger partial charge in [0.05, 0.1) is 6.54 Å². The number of hydrogen-bond acceptors (Lipinski definition) is 6. The molecule has 0 spiro atoms. The molecule has 0 saturated carbocycles. The highest BCUT2D eigenvalue weighted by Gasteiger charge is 2.32.